The van der Waals surface area contributed by atoms with Gasteiger partial charge in [0, 0.05) is 18.9 Å². The molecular weight excluding hydrogens is 234 g/mol. The number of hydrogen-bond donors (Lipinski definition) is 0. The van der Waals surface area contributed by atoms with Crippen molar-refractivity contribution in [2.24, 2.45) is 0 Å². The zero-order chi connectivity index (χ0) is 13.4. The van der Waals surface area contributed by atoms with Crippen LogP contribution in [-0.4, -0.2) is 17.3 Å². The molecule has 0 saturated heterocycles. The third-order valence-corrected chi connectivity index (χ3v) is 2.51. The molecule has 0 aliphatic rings. The first kappa shape index (κ1) is 14.2. The molecule has 0 saturated carbocycles. The van der Waals surface area contributed by atoms with E-state index in [2.05, 4.69) is 0 Å². The highest BCUT2D eigenvalue weighted by Gasteiger charge is 2.13. The number of Topliss-reactive ketones (excluding diaryl/α,β-unsaturated/α-hetero) is 1. The molecule has 1 aromatic carbocycles. The van der Waals surface area contributed by atoms with E-state index in [1.165, 1.54) is 12.1 Å². The molecular formula is C13H17NO4. The van der Waals surface area contributed by atoms with Gasteiger partial charge >= 0.3 is 5.69 Å². The lowest BCUT2D eigenvalue weighted by atomic mass is 10.1. The van der Waals surface area contributed by atoms with Gasteiger partial charge in [-0.25, -0.2) is 0 Å². The van der Waals surface area contributed by atoms with E-state index in [9.17, 15) is 14.9 Å². The Labute approximate surface area is 106 Å². The van der Waals surface area contributed by atoms with Gasteiger partial charge in [0.15, 0.2) is 5.75 Å². The molecule has 0 N–H and O–H groups in total. The minimum atomic E-state index is -0.492. The molecule has 0 radical (unpaired) electrons. The first-order chi connectivity index (χ1) is 8.65. The number of hydrogen-bond acceptors (Lipinski definition) is 4. The van der Waals surface area contributed by atoms with Gasteiger partial charge in [-0.1, -0.05) is 25.5 Å². The fourth-order valence-corrected chi connectivity index (χ4v) is 1.50. The van der Waals surface area contributed by atoms with Crippen molar-refractivity contribution in [3.05, 3.63) is 34.4 Å². The summed E-state index contributed by atoms with van der Waals surface area (Å²) in [5.41, 5.74) is -0.0708. The van der Waals surface area contributed by atoms with Crippen LogP contribution in [0.15, 0.2) is 24.3 Å². The lowest BCUT2D eigenvalue weighted by Gasteiger charge is -2.05. The molecule has 1 aromatic rings. The van der Waals surface area contributed by atoms with Crippen molar-refractivity contribution in [2.75, 3.05) is 6.61 Å². The maximum absolute atomic E-state index is 11.4. The van der Waals surface area contributed by atoms with E-state index >= 15 is 0 Å². The fraction of sp³-hybridized carbons (Fsp3) is 0.462. The topological polar surface area (TPSA) is 69.4 Å². The summed E-state index contributed by atoms with van der Waals surface area (Å²) in [7, 11) is 0. The summed E-state index contributed by atoms with van der Waals surface area (Å²) in [5.74, 6) is 0.348. The Hall–Kier alpha value is -1.91. The van der Waals surface area contributed by atoms with Crippen LogP contribution in [0.5, 0.6) is 5.75 Å². The van der Waals surface area contributed by atoms with Crippen LogP contribution in [-0.2, 0) is 4.79 Å². The number of ether oxygens (including phenoxy) is 1. The number of ketones is 1. The SMILES string of the molecule is CCCCC(=O)CCOc1ccccc1[N+](=O)[O-]. The Bertz CT molecular complexity index is 417. The van der Waals surface area contributed by atoms with Gasteiger partial charge < -0.3 is 4.74 Å². The summed E-state index contributed by atoms with van der Waals surface area (Å²) in [5, 5.41) is 10.7. The van der Waals surface area contributed by atoms with Crippen LogP contribution in [0.25, 0.3) is 0 Å². The molecule has 0 unspecified atom stereocenters. The first-order valence-electron chi connectivity index (χ1n) is 6.03. The van der Waals surface area contributed by atoms with Crippen LogP contribution < -0.4 is 4.74 Å². The zero-order valence-electron chi connectivity index (χ0n) is 10.4. The second-order valence-electron chi connectivity index (χ2n) is 3.97. The van der Waals surface area contributed by atoms with Crippen LogP contribution in [0.1, 0.15) is 32.6 Å². The van der Waals surface area contributed by atoms with Crippen molar-refractivity contribution >= 4 is 11.5 Å². The molecule has 0 aliphatic carbocycles. The normalized spacial score (nSPS) is 10.1. The van der Waals surface area contributed by atoms with Crippen LogP contribution in [0.2, 0.25) is 0 Å². The summed E-state index contributed by atoms with van der Waals surface area (Å²) in [4.78, 5) is 21.6. The predicted octanol–water partition coefficient (Wildman–Crippen LogP) is 3.12. The fourth-order valence-electron chi connectivity index (χ4n) is 1.50. The molecule has 18 heavy (non-hydrogen) atoms. The molecule has 98 valence electrons. The number of benzene rings is 1. The molecule has 0 bridgehead atoms. The molecule has 5 nitrogen and oxygen atoms in total. The third-order valence-electron chi connectivity index (χ3n) is 2.51. The number of nitrogens with zero attached hydrogens (tertiary/aromatic N) is 1. The van der Waals surface area contributed by atoms with E-state index in [0.29, 0.717) is 12.8 Å². The highest BCUT2D eigenvalue weighted by Crippen LogP contribution is 2.25. The van der Waals surface area contributed by atoms with Gasteiger partial charge in [-0.2, -0.15) is 0 Å². The molecule has 1 rings (SSSR count). The summed E-state index contributed by atoms with van der Waals surface area (Å²) in [6.07, 6.45) is 2.71. The van der Waals surface area contributed by atoms with Gasteiger partial charge in [-0.3, -0.25) is 14.9 Å². The highest BCUT2D eigenvalue weighted by atomic mass is 16.6. The van der Waals surface area contributed by atoms with Gasteiger partial charge in [0.05, 0.1) is 11.5 Å². The van der Waals surface area contributed by atoms with E-state index in [-0.39, 0.29) is 23.8 Å². The van der Waals surface area contributed by atoms with Gasteiger partial charge in [-0.05, 0) is 12.5 Å². The molecule has 0 atom stereocenters. The van der Waals surface area contributed by atoms with E-state index in [4.69, 9.17) is 4.74 Å². The number of nitro benzene ring substituents is 1. The molecule has 0 heterocycles. The van der Waals surface area contributed by atoms with E-state index in [1.807, 2.05) is 6.92 Å². The summed E-state index contributed by atoms with van der Waals surface area (Å²) in [6.45, 7) is 2.21. The smallest absolute Gasteiger partial charge is 0.310 e. The zero-order valence-corrected chi connectivity index (χ0v) is 10.4. The molecule has 0 fully saturated rings. The maximum atomic E-state index is 11.4. The van der Waals surface area contributed by atoms with Gasteiger partial charge in [0.1, 0.15) is 5.78 Å². The minimum absolute atomic E-state index is 0.0708. The number of para-hydroxylation sites is 2. The first-order valence-corrected chi connectivity index (χ1v) is 6.03. The Balaban J connectivity index is 2.44. The number of unbranched alkanes of at least 4 members (excludes halogenated alkanes) is 1. The third kappa shape index (κ3) is 4.53. The van der Waals surface area contributed by atoms with Crippen LogP contribution >= 0.6 is 0 Å². The summed E-state index contributed by atoms with van der Waals surface area (Å²) >= 11 is 0. The lowest BCUT2D eigenvalue weighted by Crippen LogP contribution is -2.07. The number of carbonyl (C=O) groups excluding carboxylic acids is 1. The van der Waals surface area contributed by atoms with Gasteiger partial charge in [0.2, 0.25) is 0 Å². The van der Waals surface area contributed by atoms with Crippen molar-refractivity contribution < 1.29 is 14.5 Å². The largest absolute Gasteiger partial charge is 0.486 e. The molecule has 0 aromatic heterocycles. The van der Waals surface area contributed by atoms with Crippen molar-refractivity contribution in [1.82, 2.24) is 0 Å². The molecule has 0 aliphatic heterocycles. The van der Waals surface area contributed by atoms with Crippen LogP contribution in [0, 0.1) is 10.1 Å². The van der Waals surface area contributed by atoms with Gasteiger partial charge in [0.25, 0.3) is 0 Å². The van der Waals surface area contributed by atoms with Crippen molar-refractivity contribution in [1.29, 1.82) is 0 Å². The Morgan fingerprint density at radius 2 is 2.06 bits per heavy atom. The molecule has 5 heteroatoms. The van der Waals surface area contributed by atoms with Crippen molar-refractivity contribution in [2.45, 2.75) is 32.6 Å². The average Bonchev–Trinajstić information content (AvgIpc) is 2.36. The average molecular weight is 251 g/mol. The van der Waals surface area contributed by atoms with Gasteiger partial charge in [-0.15, -0.1) is 0 Å². The van der Waals surface area contributed by atoms with Crippen LogP contribution in [0.3, 0.4) is 0 Å². The quantitative estimate of drug-likeness (QED) is 0.525. The second kappa shape index (κ2) is 7.42. The lowest BCUT2D eigenvalue weighted by molar-refractivity contribution is -0.385. The standard InChI is InChI=1S/C13H17NO4/c1-2-3-6-11(15)9-10-18-13-8-5-4-7-12(13)14(16)17/h4-5,7-8H,2-3,6,9-10H2,1H3. The van der Waals surface area contributed by atoms with E-state index in [1.54, 1.807) is 12.1 Å². The highest BCUT2D eigenvalue weighted by molar-refractivity contribution is 5.78. The second-order valence-corrected chi connectivity index (χ2v) is 3.97. The molecule has 0 spiro atoms. The Kier molecular flexibility index (Phi) is 5.84. The molecule has 0 amide bonds. The van der Waals surface area contributed by atoms with E-state index in [0.717, 1.165) is 12.8 Å². The van der Waals surface area contributed by atoms with E-state index < -0.39 is 4.92 Å². The van der Waals surface area contributed by atoms with Crippen LogP contribution in [0.4, 0.5) is 5.69 Å². The minimum Gasteiger partial charge on any atom is -0.486 e. The Morgan fingerprint density at radius 3 is 2.72 bits per heavy atom. The summed E-state index contributed by atoms with van der Waals surface area (Å²) in [6, 6.07) is 6.17. The number of rotatable bonds is 8. The predicted molar refractivity (Wildman–Crippen MR) is 67.7 cm³/mol. The number of nitro groups is 1. The number of carbonyl (C=O) groups is 1. The Morgan fingerprint density at radius 1 is 1.33 bits per heavy atom. The summed E-state index contributed by atoms with van der Waals surface area (Å²) < 4.78 is 5.29. The van der Waals surface area contributed by atoms with Crippen molar-refractivity contribution in [3.8, 4) is 5.75 Å². The monoisotopic (exact) mass is 251 g/mol. The van der Waals surface area contributed by atoms with Crippen molar-refractivity contribution in [3.63, 3.8) is 0 Å². The maximum Gasteiger partial charge on any atom is 0.310 e.